The van der Waals surface area contributed by atoms with Crippen LogP contribution in [0.15, 0.2) is 48.5 Å². The summed E-state index contributed by atoms with van der Waals surface area (Å²) in [5.41, 5.74) is 1.55. The molecule has 28 heavy (non-hydrogen) atoms. The standard InChI is InChI=1S/C20H18N2O6/c1-13(28-19(25)12-27-15-8-6-14(11-23)7-9-15)20(26)22-10-18(24)21-16-4-2-3-5-17(16)22/h2-9,11,13H,10,12H2,1H3,(H,21,24)/t13-/m0/s1. The lowest BCUT2D eigenvalue weighted by Gasteiger charge is -2.30. The number of amides is 2. The number of para-hydroxylation sites is 2. The van der Waals surface area contributed by atoms with E-state index in [1.807, 2.05) is 0 Å². The van der Waals surface area contributed by atoms with Crippen molar-refractivity contribution >= 4 is 35.4 Å². The van der Waals surface area contributed by atoms with Gasteiger partial charge in [-0.15, -0.1) is 0 Å². The van der Waals surface area contributed by atoms with Gasteiger partial charge in [0.2, 0.25) is 5.91 Å². The van der Waals surface area contributed by atoms with Crippen LogP contribution in [0.4, 0.5) is 11.4 Å². The number of hydrogen-bond donors (Lipinski definition) is 1. The summed E-state index contributed by atoms with van der Waals surface area (Å²) in [6.45, 7) is 0.890. The Morgan fingerprint density at radius 2 is 1.89 bits per heavy atom. The molecule has 0 spiro atoms. The molecule has 144 valence electrons. The van der Waals surface area contributed by atoms with Gasteiger partial charge in [-0.25, -0.2) is 4.79 Å². The Labute approximate surface area is 161 Å². The normalized spacial score (nSPS) is 13.8. The lowest BCUT2D eigenvalue weighted by molar-refractivity contribution is -0.155. The van der Waals surface area contributed by atoms with Crippen molar-refractivity contribution in [2.75, 3.05) is 23.4 Å². The fourth-order valence-electron chi connectivity index (χ4n) is 2.72. The smallest absolute Gasteiger partial charge is 0.344 e. The van der Waals surface area contributed by atoms with Crippen molar-refractivity contribution in [2.24, 2.45) is 0 Å². The Morgan fingerprint density at radius 1 is 1.18 bits per heavy atom. The van der Waals surface area contributed by atoms with Crippen LogP contribution in [-0.4, -0.2) is 43.3 Å². The summed E-state index contributed by atoms with van der Waals surface area (Å²) in [5.74, 6) is -1.17. The van der Waals surface area contributed by atoms with E-state index in [1.54, 1.807) is 48.5 Å². The summed E-state index contributed by atoms with van der Waals surface area (Å²) in [7, 11) is 0. The third-order valence-corrected chi connectivity index (χ3v) is 4.07. The molecular formula is C20H18N2O6. The third-order valence-electron chi connectivity index (χ3n) is 4.07. The fraction of sp³-hybridized carbons (Fsp3) is 0.200. The van der Waals surface area contributed by atoms with Gasteiger partial charge in [-0.3, -0.25) is 19.3 Å². The van der Waals surface area contributed by atoms with Gasteiger partial charge >= 0.3 is 5.97 Å². The second-order valence-electron chi connectivity index (χ2n) is 6.10. The van der Waals surface area contributed by atoms with Crippen LogP contribution >= 0.6 is 0 Å². The summed E-state index contributed by atoms with van der Waals surface area (Å²) in [6.07, 6.45) is -0.392. The number of anilines is 2. The van der Waals surface area contributed by atoms with Crippen molar-refractivity contribution in [3.63, 3.8) is 0 Å². The van der Waals surface area contributed by atoms with E-state index in [4.69, 9.17) is 9.47 Å². The highest BCUT2D eigenvalue weighted by atomic mass is 16.6. The quantitative estimate of drug-likeness (QED) is 0.604. The number of benzene rings is 2. The molecule has 2 aromatic rings. The predicted octanol–water partition coefficient (Wildman–Crippen LogP) is 1.79. The first-order valence-corrected chi connectivity index (χ1v) is 8.55. The molecule has 0 aliphatic carbocycles. The van der Waals surface area contributed by atoms with E-state index in [9.17, 15) is 19.2 Å². The first-order chi connectivity index (χ1) is 13.5. The van der Waals surface area contributed by atoms with Gasteiger partial charge in [0, 0.05) is 5.56 Å². The van der Waals surface area contributed by atoms with Gasteiger partial charge in [0.25, 0.3) is 5.91 Å². The maximum Gasteiger partial charge on any atom is 0.344 e. The molecular weight excluding hydrogens is 364 g/mol. The molecule has 1 aliphatic rings. The zero-order valence-electron chi connectivity index (χ0n) is 15.1. The van der Waals surface area contributed by atoms with Crippen LogP contribution in [0.3, 0.4) is 0 Å². The first kappa shape index (κ1) is 19.1. The van der Waals surface area contributed by atoms with Gasteiger partial charge in [0.15, 0.2) is 12.7 Å². The van der Waals surface area contributed by atoms with Crippen molar-refractivity contribution in [1.29, 1.82) is 0 Å². The Morgan fingerprint density at radius 3 is 2.61 bits per heavy atom. The summed E-state index contributed by atoms with van der Waals surface area (Å²) in [4.78, 5) is 48.4. The van der Waals surface area contributed by atoms with Crippen LogP contribution in [0, 0.1) is 0 Å². The van der Waals surface area contributed by atoms with Crippen LogP contribution < -0.4 is 15.0 Å². The highest BCUT2D eigenvalue weighted by molar-refractivity contribution is 6.11. The minimum atomic E-state index is -1.09. The van der Waals surface area contributed by atoms with Gasteiger partial charge < -0.3 is 14.8 Å². The van der Waals surface area contributed by atoms with Crippen LogP contribution in [0.25, 0.3) is 0 Å². The Bertz CT molecular complexity index is 909. The number of fused-ring (bicyclic) bond motifs is 1. The number of carbonyl (C=O) groups is 4. The Kier molecular flexibility index (Phi) is 5.69. The highest BCUT2D eigenvalue weighted by Gasteiger charge is 2.31. The van der Waals surface area contributed by atoms with E-state index in [-0.39, 0.29) is 12.5 Å². The number of hydrogen-bond acceptors (Lipinski definition) is 6. The number of esters is 1. The molecule has 2 amide bonds. The molecule has 3 rings (SSSR count). The SMILES string of the molecule is C[C@H](OC(=O)COc1ccc(C=O)cc1)C(=O)N1CC(=O)Nc2ccccc21. The van der Waals surface area contributed by atoms with Crippen LogP contribution in [0.1, 0.15) is 17.3 Å². The first-order valence-electron chi connectivity index (χ1n) is 8.55. The molecule has 1 atom stereocenters. The highest BCUT2D eigenvalue weighted by Crippen LogP contribution is 2.29. The molecule has 0 saturated heterocycles. The molecule has 1 heterocycles. The molecule has 0 saturated carbocycles. The minimum Gasteiger partial charge on any atom is -0.482 e. The third kappa shape index (κ3) is 4.35. The second-order valence-corrected chi connectivity index (χ2v) is 6.10. The van der Waals surface area contributed by atoms with E-state index < -0.39 is 24.6 Å². The van der Waals surface area contributed by atoms with Crippen molar-refractivity contribution < 1.29 is 28.7 Å². The molecule has 1 N–H and O–H groups in total. The van der Waals surface area contributed by atoms with Crippen LogP contribution in [0.2, 0.25) is 0 Å². The van der Waals surface area contributed by atoms with Crippen LogP contribution in [-0.2, 0) is 19.1 Å². The average molecular weight is 382 g/mol. The summed E-state index contributed by atoms with van der Waals surface area (Å²) >= 11 is 0. The van der Waals surface area contributed by atoms with Crippen molar-refractivity contribution in [1.82, 2.24) is 0 Å². The van der Waals surface area contributed by atoms with Gasteiger partial charge in [-0.1, -0.05) is 12.1 Å². The van der Waals surface area contributed by atoms with Crippen molar-refractivity contribution in [2.45, 2.75) is 13.0 Å². The predicted molar refractivity (Wildman–Crippen MR) is 100 cm³/mol. The Balaban J connectivity index is 1.58. The number of carbonyl (C=O) groups excluding carboxylic acids is 4. The molecule has 8 nitrogen and oxygen atoms in total. The maximum absolute atomic E-state index is 12.7. The van der Waals surface area contributed by atoms with E-state index >= 15 is 0 Å². The number of ether oxygens (including phenoxy) is 2. The van der Waals surface area contributed by atoms with Crippen molar-refractivity contribution in [3.05, 3.63) is 54.1 Å². The van der Waals surface area contributed by atoms with E-state index in [1.165, 1.54) is 11.8 Å². The number of rotatable bonds is 6. The molecule has 0 fully saturated rings. The second kappa shape index (κ2) is 8.34. The van der Waals surface area contributed by atoms with Gasteiger partial charge in [-0.2, -0.15) is 0 Å². The molecule has 1 aliphatic heterocycles. The number of nitrogens with one attached hydrogen (secondary N) is 1. The van der Waals surface area contributed by atoms with Crippen LogP contribution in [0.5, 0.6) is 5.75 Å². The van der Waals surface area contributed by atoms with Gasteiger partial charge in [0.1, 0.15) is 18.6 Å². The summed E-state index contributed by atoms with van der Waals surface area (Å²) < 4.78 is 10.4. The van der Waals surface area contributed by atoms with E-state index in [0.29, 0.717) is 29.0 Å². The Hall–Kier alpha value is -3.68. The zero-order chi connectivity index (χ0) is 20.1. The number of aldehydes is 1. The lowest BCUT2D eigenvalue weighted by atomic mass is 10.1. The molecule has 0 aromatic heterocycles. The largest absolute Gasteiger partial charge is 0.482 e. The fourth-order valence-corrected chi connectivity index (χ4v) is 2.72. The lowest BCUT2D eigenvalue weighted by Crippen LogP contribution is -2.47. The monoisotopic (exact) mass is 382 g/mol. The van der Waals surface area contributed by atoms with E-state index in [2.05, 4.69) is 5.32 Å². The average Bonchev–Trinajstić information content (AvgIpc) is 2.71. The zero-order valence-corrected chi connectivity index (χ0v) is 15.1. The topological polar surface area (TPSA) is 102 Å². The molecule has 0 bridgehead atoms. The van der Waals surface area contributed by atoms with Crippen molar-refractivity contribution in [3.8, 4) is 5.75 Å². The summed E-state index contributed by atoms with van der Waals surface area (Å²) in [5, 5.41) is 2.69. The molecule has 2 aromatic carbocycles. The summed E-state index contributed by atoms with van der Waals surface area (Å²) in [6, 6.07) is 13.1. The van der Waals surface area contributed by atoms with E-state index in [0.717, 1.165) is 0 Å². The van der Waals surface area contributed by atoms with Gasteiger partial charge in [-0.05, 0) is 43.3 Å². The molecule has 8 heteroatoms. The maximum atomic E-state index is 12.7. The molecule has 0 unspecified atom stereocenters. The number of nitrogens with zero attached hydrogens (tertiary/aromatic N) is 1. The van der Waals surface area contributed by atoms with Gasteiger partial charge in [0.05, 0.1) is 11.4 Å². The minimum absolute atomic E-state index is 0.155. The molecule has 0 radical (unpaired) electrons.